The van der Waals surface area contributed by atoms with Crippen molar-refractivity contribution < 1.29 is 27.8 Å². The normalized spacial score (nSPS) is 20.6. The summed E-state index contributed by atoms with van der Waals surface area (Å²) in [5, 5.41) is 9.09. The molecular formula is C16H14BrF3N2O3. The van der Waals surface area contributed by atoms with E-state index in [4.69, 9.17) is 9.84 Å². The molecule has 25 heavy (non-hydrogen) atoms. The number of carboxylic acid groups (broad SMARTS) is 1. The number of nitrogens with zero attached hydrogens (tertiary/aromatic N) is 2. The van der Waals surface area contributed by atoms with Gasteiger partial charge in [-0.3, -0.25) is 14.7 Å². The van der Waals surface area contributed by atoms with E-state index in [1.807, 2.05) is 0 Å². The number of halogens is 4. The van der Waals surface area contributed by atoms with E-state index in [2.05, 4.69) is 20.9 Å². The van der Waals surface area contributed by atoms with E-state index in [9.17, 15) is 18.0 Å². The molecule has 1 aromatic rings. The molecular weight excluding hydrogens is 405 g/mol. The maximum atomic E-state index is 13.7. The van der Waals surface area contributed by atoms with Crippen molar-refractivity contribution >= 4 is 33.4 Å². The molecule has 0 fully saturated rings. The van der Waals surface area contributed by atoms with Crippen LogP contribution in [-0.2, 0) is 16.1 Å². The number of aliphatic carboxylic acids is 1. The molecule has 0 aromatic heterocycles. The van der Waals surface area contributed by atoms with Gasteiger partial charge in [0.05, 0.1) is 25.3 Å². The van der Waals surface area contributed by atoms with Gasteiger partial charge in [0.25, 0.3) is 0 Å². The summed E-state index contributed by atoms with van der Waals surface area (Å²) in [6.07, 6.45) is -6.13. The quantitative estimate of drug-likeness (QED) is 0.791. The molecule has 0 saturated carbocycles. The topological polar surface area (TPSA) is 62.1 Å². The Morgan fingerprint density at radius 1 is 1.48 bits per heavy atom. The SMILES string of the molecule is CC1=C(C(F)(F)F)N2C(=NC1)[C@H](CC(=O)O)OCc1cc(Br)ccc12. The van der Waals surface area contributed by atoms with Crippen LogP contribution in [0.3, 0.4) is 0 Å². The molecule has 0 unspecified atom stereocenters. The zero-order valence-corrected chi connectivity index (χ0v) is 14.7. The Hall–Kier alpha value is -1.87. The molecule has 5 nitrogen and oxygen atoms in total. The second-order valence-corrected chi connectivity index (χ2v) is 6.72. The van der Waals surface area contributed by atoms with Crippen molar-refractivity contribution in [2.45, 2.75) is 32.2 Å². The Kier molecular flexibility index (Phi) is 4.63. The van der Waals surface area contributed by atoms with Crippen molar-refractivity contribution in [1.82, 2.24) is 0 Å². The highest BCUT2D eigenvalue weighted by molar-refractivity contribution is 9.10. The van der Waals surface area contributed by atoms with Crippen LogP contribution >= 0.6 is 15.9 Å². The Morgan fingerprint density at radius 2 is 2.20 bits per heavy atom. The lowest BCUT2D eigenvalue weighted by atomic mass is 10.1. The zero-order chi connectivity index (χ0) is 18.4. The van der Waals surface area contributed by atoms with Crippen molar-refractivity contribution in [2.75, 3.05) is 11.4 Å². The summed E-state index contributed by atoms with van der Waals surface area (Å²) < 4.78 is 47.5. The summed E-state index contributed by atoms with van der Waals surface area (Å²) in [5.41, 5.74) is 0.0516. The van der Waals surface area contributed by atoms with E-state index in [1.54, 1.807) is 18.2 Å². The first-order valence-electron chi connectivity index (χ1n) is 7.41. The van der Waals surface area contributed by atoms with Crippen molar-refractivity contribution in [3.63, 3.8) is 0 Å². The van der Waals surface area contributed by atoms with E-state index < -0.39 is 30.4 Å². The molecule has 2 aliphatic heterocycles. The number of carbonyl (C=O) groups is 1. The van der Waals surface area contributed by atoms with Crippen molar-refractivity contribution in [2.24, 2.45) is 4.99 Å². The molecule has 0 aliphatic carbocycles. The predicted octanol–water partition coefficient (Wildman–Crippen LogP) is 3.88. The minimum atomic E-state index is -4.60. The maximum absolute atomic E-state index is 13.7. The molecule has 2 heterocycles. The van der Waals surface area contributed by atoms with E-state index in [1.165, 1.54) is 6.92 Å². The zero-order valence-electron chi connectivity index (χ0n) is 13.1. The van der Waals surface area contributed by atoms with E-state index in [0.717, 1.165) is 4.90 Å². The molecule has 2 aliphatic rings. The monoisotopic (exact) mass is 418 g/mol. The van der Waals surface area contributed by atoms with Crippen molar-refractivity contribution in [1.29, 1.82) is 0 Å². The summed E-state index contributed by atoms with van der Waals surface area (Å²) in [7, 11) is 0. The molecule has 0 amide bonds. The number of anilines is 1. The van der Waals surface area contributed by atoms with Crippen LogP contribution in [0, 0.1) is 0 Å². The van der Waals surface area contributed by atoms with E-state index in [-0.39, 0.29) is 24.6 Å². The van der Waals surface area contributed by atoms with Crippen LogP contribution < -0.4 is 4.90 Å². The number of aliphatic imine (C=N–C) groups is 1. The fraction of sp³-hybridized carbons (Fsp3) is 0.375. The molecule has 3 rings (SSSR count). The maximum Gasteiger partial charge on any atom is 0.431 e. The van der Waals surface area contributed by atoms with Crippen molar-refractivity contribution in [3.8, 4) is 0 Å². The van der Waals surface area contributed by atoms with Crippen LogP contribution in [0.1, 0.15) is 18.9 Å². The highest BCUT2D eigenvalue weighted by Crippen LogP contribution is 2.41. The molecule has 1 aromatic carbocycles. The van der Waals surface area contributed by atoms with Gasteiger partial charge in [-0.2, -0.15) is 13.2 Å². The Balaban J connectivity index is 2.19. The van der Waals surface area contributed by atoms with Gasteiger partial charge in [0.2, 0.25) is 0 Å². The molecule has 9 heteroatoms. The summed E-state index contributed by atoms with van der Waals surface area (Å²) in [6, 6.07) is 4.84. The number of allylic oxidation sites excluding steroid dienone is 1. The van der Waals surface area contributed by atoms with Gasteiger partial charge in [-0.05, 0) is 30.7 Å². The lowest BCUT2D eigenvalue weighted by molar-refractivity contribution is -0.139. The van der Waals surface area contributed by atoms with Crippen LogP contribution in [0.5, 0.6) is 0 Å². The number of carboxylic acids is 1. The van der Waals surface area contributed by atoms with Gasteiger partial charge >= 0.3 is 12.1 Å². The number of hydrogen-bond donors (Lipinski definition) is 1. The minimum Gasteiger partial charge on any atom is -0.481 e. The van der Waals surface area contributed by atoms with Crippen LogP contribution in [0.4, 0.5) is 18.9 Å². The van der Waals surface area contributed by atoms with Gasteiger partial charge in [0.15, 0.2) is 0 Å². The lowest BCUT2D eigenvalue weighted by Crippen LogP contribution is -2.46. The summed E-state index contributed by atoms with van der Waals surface area (Å²) in [6.45, 7) is 1.22. The third kappa shape index (κ3) is 3.43. The van der Waals surface area contributed by atoms with Crippen LogP contribution in [0.25, 0.3) is 0 Å². The third-order valence-corrected chi connectivity index (χ3v) is 4.47. The van der Waals surface area contributed by atoms with E-state index in [0.29, 0.717) is 15.7 Å². The highest BCUT2D eigenvalue weighted by atomic mass is 79.9. The third-order valence-electron chi connectivity index (χ3n) is 3.97. The first-order chi connectivity index (χ1) is 11.7. The van der Waals surface area contributed by atoms with Gasteiger partial charge in [-0.15, -0.1) is 0 Å². The number of fused-ring (bicyclic) bond motifs is 3. The molecule has 0 radical (unpaired) electrons. The fourth-order valence-electron chi connectivity index (χ4n) is 2.97. The lowest BCUT2D eigenvalue weighted by Gasteiger charge is -2.35. The fourth-order valence-corrected chi connectivity index (χ4v) is 3.38. The average Bonchev–Trinajstić information content (AvgIpc) is 2.63. The van der Waals surface area contributed by atoms with Crippen LogP contribution in [0.2, 0.25) is 0 Å². The second kappa shape index (κ2) is 6.45. The average molecular weight is 419 g/mol. The standard InChI is InChI=1S/C16H14BrF3N2O3/c1-8-6-21-15-12(5-13(23)24)25-7-9-4-10(17)2-3-11(9)22(15)14(8)16(18,19)20/h2-4,12H,5-7H2,1H3,(H,23,24)/t12-/m0/s1. The molecule has 134 valence electrons. The molecule has 1 N–H and O–H groups in total. The summed E-state index contributed by atoms with van der Waals surface area (Å²) >= 11 is 3.29. The van der Waals surface area contributed by atoms with Gasteiger partial charge in [-0.1, -0.05) is 15.9 Å². The molecule has 0 spiro atoms. The number of hydrogen-bond acceptors (Lipinski definition) is 4. The van der Waals surface area contributed by atoms with Gasteiger partial charge in [0, 0.05) is 10.0 Å². The first-order valence-corrected chi connectivity index (χ1v) is 8.21. The molecule has 0 bridgehead atoms. The number of rotatable bonds is 2. The van der Waals surface area contributed by atoms with Crippen LogP contribution in [-0.4, -0.2) is 35.7 Å². The van der Waals surface area contributed by atoms with Crippen molar-refractivity contribution in [3.05, 3.63) is 39.5 Å². The number of benzene rings is 1. The van der Waals surface area contributed by atoms with Gasteiger partial charge in [0.1, 0.15) is 17.6 Å². The number of ether oxygens (including phenoxy) is 1. The predicted molar refractivity (Wildman–Crippen MR) is 88.5 cm³/mol. The smallest absolute Gasteiger partial charge is 0.431 e. The highest BCUT2D eigenvalue weighted by Gasteiger charge is 2.46. The van der Waals surface area contributed by atoms with Gasteiger partial charge in [-0.25, -0.2) is 0 Å². The largest absolute Gasteiger partial charge is 0.481 e. The summed E-state index contributed by atoms with van der Waals surface area (Å²) in [5.74, 6) is -1.19. The number of amidine groups is 1. The molecule has 0 saturated heterocycles. The Morgan fingerprint density at radius 3 is 2.84 bits per heavy atom. The summed E-state index contributed by atoms with van der Waals surface area (Å²) in [4.78, 5) is 16.3. The first kappa shape index (κ1) is 17.9. The number of alkyl halides is 3. The minimum absolute atomic E-state index is 0.00752. The van der Waals surface area contributed by atoms with E-state index >= 15 is 0 Å². The second-order valence-electron chi connectivity index (χ2n) is 5.81. The van der Waals surface area contributed by atoms with Gasteiger partial charge < -0.3 is 9.84 Å². The molecule has 1 atom stereocenters. The van der Waals surface area contributed by atoms with Crippen LogP contribution in [0.15, 0.2) is 38.9 Å². The Labute approximate surface area is 149 Å². The Bertz CT molecular complexity index is 789.